The number of benzene rings is 1. The molecule has 242 valence electrons. The number of aryl methyl sites for hydroxylation is 1. The molecular formula is C35H58O6Si2. The molecule has 1 aliphatic heterocycles. The van der Waals surface area contributed by atoms with Crippen molar-refractivity contribution in [1.82, 2.24) is 0 Å². The molecule has 0 aliphatic carbocycles. The molecule has 1 aromatic carbocycles. The van der Waals surface area contributed by atoms with Gasteiger partial charge in [0.05, 0.1) is 6.10 Å². The van der Waals surface area contributed by atoms with Crippen molar-refractivity contribution < 1.29 is 27.9 Å². The van der Waals surface area contributed by atoms with Crippen molar-refractivity contribution in [2.75, 3.05) is 6.61 Å². The molecule has 0 bridgehead atoms. The molecule has 0 N–H and O–H groups in total. The zero-order chi connectivity index (χ0) is 32.6. The first-order valence-electron chi connectivity index (χ1n) is 15.9. The maximum Gasteiger partial charge on any atom is 0.342 e. The number of fused-ring (bicyclic) bond motifs is 1. The van der Waals surface area contributed by atoms with Crippen molar-refractivity contribution in [3.63, 3.8) is 0 Å². The van der Waals surface area contributed by atoms with Crippen LogP contribution in [-0.2, 0) is 25.1 Å². The predicted octanol–water partition coefficient (Wildman–Crippen LogP) is 9.41. The molecule has 0 saturated carbocycles. The van der Waals surface area contributed by atoms with Gasteiger partial charge >= 0.3 is 11.9 Å². The molecule has 1 aromatic rings. The zero-order valence-corrected chi connectivity index (χ0v) is 30.8. The zero-order valence-electron chi connectivity index (χ0n) is 28.8. The monoisotopic (exact) mass is 630 g/mol. The molecule has 3 atom stereocenters. The fraction of sp³-hybridized carbons (Fsp3) is 0.657. The van der Waals surface area contributed by atoms with Crippen molar-refractivity contribution >= 4 is 28.6 Å². The highest BCUT2D eigenvalue weighted by Gasteiger charge is 2.42. The molecule has 1 aliphatic rings. The van der Waals surface area contributed by atoms with E-state index in [0.29, 0.717) is 30.1 Å². The van der Waals surface area contributed by atoms with Gasteiger partial charge in [-0.15, -0.1) is 0 Å². The SMILES string of the molecule is C=CCOC(=O)C=CCC1C[C@@H](O[Si](C)(C)C(C)(C)C)[C@@H](C)CCCCc2cccc(O[Si](C)(C)C(C)(C)C)c2C(=O)O1. The van der Waals surface area contributed by atoms with Gasteiger partial charge in [0, 0.05) is 18.9 Å². The molecule has 1 heterocycles. The van der Waals surface area contributed by atoms with Crippen molar-refractivity contribution in [3.8, 4) is 5.75 Å². The number of cyclic esters (lactones) is 1. The molecule has 8 heteroatoms. The van der Waals surface area contributed by atoms with Gasteiger partial charge in [-0.3, -0.25) is 0 Å². The summed E-state index contributed by atoms with van der Waals surface area (Å²) >= 11 is 0. The molecule has 0 aromatic heterocycles. The molecule has 43 heavy (non-hydrogen) atoms. The van der Waals surface area contributed by atoms with Crippen LogP contribution in [0.5, 0.6) is 5.75 Å². The third-order valence-electron chi connectivity index (χ3n) is 9.50. The summed E-state index contributed by atoms with van der Waals surface area (Å²) in [6.45, 7) is 28.2. The highest BCUT2D eigenvalue weighted by atomic mass is 28.4. The Balaban J connectivity index is 2.53. The van der Waals surface area contributed by atoms with Gasteiger partial charge in [-0.25, -0.2) is 9.59 Å². The lowest BCUT2D eigenvalue weighted by Gasteiger charge is -2.42. The summed E-state index contributed by atoms with van der Waals surface area (Å²) in [6.07, 6.45) is 8.86. The fourth-order valence-corrected chi connectivity index (χ4v) is 7.08. The summed E-state index contributed by atoms with van der Waals surface area (Å²) in [4.78, 5) is 26.3. The molecule has 2 rings (SSSR count). The third-order valence-corrected chi connectivity index (χ3v) is 18.3. The number of carbonyl (C=O) groups is 2. The number of hydrogen-bond donors (Lipinski definition) is 0. The molecular weight excluding hydrogens is 573 g/mol. The van der Waals surface area contributed by atoms with Gasteiger partial charge < -0.3 is 18.3 Å². The predicted molar refractivity (Wildman–Crippen MR) is 182 cm³/mol. The van der Waals surface area contributed by atoms with Crippen molar-refractivity contribution in [2.45, 2.75) is 135 Å². The van der Waals surface area contributed by atoms with Crippen LogP contribution < -0.4 is 4.43 Å². The van der Waals surface area contributed by atoms with Crippen molar-refractivity contribution in [2.24, 2.45) is 5.92 Å². The molecule has 6 nitrogen and oxygen atoms in total. The number of esters is 2. The first-order valence-corrected chi connectivity index (χ1v) is 21.7. The summed E-state index contributed by atoms with van der Waals surface area (Å²) in [5, 5.41) is 0.0231. The van der Waals surface area contributed by atoms with Gasteiger partial charge in [-0.05, 0) is 73.1 Å². The van der Waals surface area contributed by atoms with Gasteiger partial charge in [0.1, 0.15) is 24.0 Å². The molecule has 0 fully saturated rings. The maximum atomic E-state index is 14.1. The number of ether oxygens (including phenoxy) is 2. The Hall–Kier alpha value is -2.17. The van der Waals surface area contributed by atoms with E-state index in [2.05, 4.69) is 81.2 Å². The average Bonchev–Trinajstić information content (AvgIpc) is 2.87. The van der Waals surface area contributed by atoms with Crippen molar-refractivity contribution in [1.29, 1.82) is 0 Å². The lowest BCUT2D eigenvalue weighted by atomic mass is 9.91. The standard InChI is InChI=1S/C35H58O6Si2/c1-13-24-38-31(36)23-17-21-28-25-30(41-43(11,12)35(6,7)8)26(2)18-14-15-19-27-20-16-22-29(32(27)33(37)39-28)40-42(9,10)34(3,4)5/h13,16-17,20,22-23,26,28,30H,1,14-15,18-19,21,24-25H2,2-12H3/t26-,28?,30+/m0/s1. The summed E-state index contributed by atoms with van der Waals surface area (Å²) in [5.41, 5.74) is 1.49. The summed E-state index contributed by atoms with van der Waals surface area (Å²) in [7, 11) is -4.33. The fourth-order valence-electron chi connectivity index (χ4n) is 4.62. The Morgan fingerprint density at radius 2 is 1.70 bits per heavy atom. The van der Waals surface area contributed by atoms with Crippen molar-refractivity contribution in [3.05, 3.63) is 54.1 Å². The number of hydrogen-bond acceptors (Lipinski definition) is 6. The second-order valence-electron chi connectivity index (χ2n) is 15.1. The Morgan fingerprint density at radius 1 is 1.05 bits per heavy atom. The van der Waals surface area contributed by atoms with Crippen LogP contribution in [-0.4, -0.2) is 47.4 Å². The summed E-state index contributed by atoms with van der Waals surface area (Å²) < 4.78 is 25.2. The Labute approximate surface area is 263 Å². The Bertz CT molecular complexity index is 1130. The van der Waals surface area contributed by atoms with E-state index in [9.17, 15) is 9.59 Å². The minimum Gasteiger partial charge on any atom is -0.543 e. The van der Waals surface area contributed by atoms with E-state index in [1.807, 2.05) is 18.2 Å². The van der Waals surface area contributed by atoms with Crippen LogP contribution in [0, 0.1) is 5.92 Å². The van der Waals surface area contributed by atoms with Crippen LogP contribution in [0.3, 0.4) is 0 Å². The van der Waals surface area contributed by atoms with Gasteiger partial charge in [0.15, 0.2) is 8.32 Å². The second-order valence-corrected chi connectivity index (χ2v) is 24.6. The largest absolute Gasteiger partial charge is 0.543 e. The Morgan fingerprint density at radius 3 is 2.30 bits per heavy atom. The summed E-state index contributed by atoms with van der Waals surface area (Å²) in [6, 6.07) is 5.92. The molecule has 1 unspecified atom stereocenters. The van der Waals surface area contributed by atoms with Gasteiger partial charge in [0.2, 0.25) is 0 Å². The molecule has 0 amide bonds. The van der Waals surface area contributed by atoms with Crippen LogP contribution in [0.2, 0.25) is 36.3 Å². The van der Waals surface area contributed by atoms with Crippen LogP contribution >= 0.6 is 0 Å². The van der Waals surface area contributed by atoms with E-state index < -0.39 is 28.7 Å². The van der Waals surface area contributed by atoms with Crippen LogP contribution in [0.15, 0.2) is 43.0 Å². The first kappa shape index (κ1) is 37.0. The van der Waals surface area contributed by atoms with Crippen LogP contribution in [0.25, 0.3) is 0 Å². The van der Waals surface area contributed by atoms with Crippen LogP contribution in [0.4, 0.5) is 0 Å². The van der Waals surface area contributed by atoms with Crippen LogP contribution in [0.1, 0.15) is 96.5 Å². The van der Waals surface area contributed by atoms with E-state index in [4.69, 9.17) is 18.3 Å². The van der Waals surface area contributed by atoms with E-state index in [0.717, 1.165) is 31.2 Å². The van der Waals surface area contributed by atoms with E-state index in [1.165, 1.54) is 12.2 Å². The summed E-state index contributed by atoms with van der Waals surface area (Å²) in [5.74, 6) is 0.0772. The second kappa shape index (κ2) is 15.2. The first-order chi connectivity index (χ1) is 19.8. The van der Waals surface area contributed by atoms with Gasteiger partial charge in [0.25, 0.3) is 8.32 Å². The smallest absolute Gasteiger partial charge is 0.342 e. The highest BCUT2D eigenvalue weighted by molar-refractivity contribution is 6.75. The third kappa shape index (κ3) is 10.7. The number of rotatable bonds is 9. The normalized spacial score (nSPS) is 21.3. The van der Waals surface area contributed by atoms with E-state index >= 15 is 0 Å². The molecule has 0 spiro atoms. The quantitative estimate of drug-likeness (QED) is 0.117. The molecule has 0 radical (unpaired) electrons. The minimum absolute atomic E-state index is 0.0248. The Kier molecular flexibility index (Phi) is 13.1. The highest BCUT2D eigenvalue weighted by Crippen LogP contribution is 2.41. The number of carbonyl (C=O) groups excluding carboxylic acids is 2. The van der Waals surface area contributed by atoms with E-state index in [1.54, 1.807) is 6.08 Å². The lowest BCUT2D eigenvalue weighted by molar-refractivity contribution is -0.136. The molecule has 0 saturated heterocycles. The van der Waals surface area contributed by atoms with Gasteiger partial charge in [-0.2, -0.15) is 0 Å². The average molecular weight is 631 g/mol. The maximum absolute atomic E-state index is 14.1. The van der Waals surface area contributed by atoms with Gasteiger partial charge in [-0.1, -0.05) is 85.8 Å². The minimum atomic E-state index is -2.22. The lowest BCUT2D eigenvalue weighted by Crippen LogP contribution is -2.46. The topological polar surface area (TPSA) is 71.1 Å². The van der Waals surface area contributed by atoms with E-state index in [-0.39, 0.29) is 28.8 Å².